The summed E-state index contributed by atoms with van der Waals surface area (Å²) in [7, 11) is 2.20. The summed E-state index contributed by atoms with van der Waals surface area (Å²) in [5.41, 5.74) is 0. The number of hydrogen-bond donors (Lipinski definition) is 1. The molecule has 0 amide bonds. The molecule has 2 heterocycles. The Morgan fingerprint density at radius 1 is 1.56 bits per heavy atom. The second kappa shape index (κ2) is 5.34. The molecule has 0 spiro atoms. The van der Waals surface area contributed by atoms with E-state index in [1.165, 1.54) is 19.4 Å². The molecule has 0 radical (unpaired) electrons. The largest absolute Gasteiger partial charge is 0.453 e. The highest BCUT2D eigenvalue weighted by molar-refractivity contribution is 9.10. The first-order valence-electron chi connectivity index (χ1n) is 5.83. The van der Waals surface area contributed by atoms with E-state index in [1.807, 2.05) is 12.1 Å². The number of nitrogens with one attached hydrogen (secondary N) is 1. The quantitative estimate of drug-likeness (QED) is 0.926. The van der Waals surface area contributed by atoms with Crippen molar-refractivity contribution in [2.75, 3.05) is 13.6 Å². The Kier molecular flexibility index (Phi) is 4.05. The molecule has 0 aromatic carbocycles. The molecule has 2 unspecified atom stereocenters. The summed E-state index contributed by atoms with van der Waals surface area (Å²) in [6.07, 6.45) is 2.45. The first kappa shape index (κ1) is 12.1. The Morgan fingerprint density at radius 2 is 2.38 bits per heavy atom. The average Bonchev–Trinajstić information content (AvgIpc) is 2.66. The number of furan rings is 1. The van der Waals surface area contributed by atoms with Gasteiger partial charge in [0, 0.05) is 12.1 Å². The molecule has 16 heavy (non-hydrogen) atoms. The molecule has 1 aliphatic heterocycles. The van der Waals surface area contributed by atoms with Crippen LogP contribution in [0.15, 0.2) is 21.2 Å². The van der Waals surface area contributed by atoms with Gasteiger partial charge in [-0.25, -0.2) is 0 Å². The van der Waals surface area contributed by atoms with E-state index in [4.69, 9.17) is 4.42 Å². The van der Waals surface area contributed by atoms with Gasteiger partial charge in [0.15, 0.2) is 4.67 Å². The third-order valence-corrected chi connectivity index (χ3v) is 3.83. The van der Waals surface area contributed by atoms with Gasteiger partial charge in [-0.05, 0) is 61.4 Å². The standard InChI is InChI=1S/C12H19BrN2O/c1-9-7-10(5-6-15(9)2)14-8-11-3-4-12(13)16-11/h3-4,9-10,14H,5-8H2,1-2H3. The fourth-order valence-electron chi connectivity index (χ4n) is 2.17. The van der Waals surface area contributed by atoms with Crippen LogP contribution in [0.3, 0.4) is 0 Å². The summed E-state index contributed by atoms with van der Waals surface area (Å²) in [6, 6.07) is 5.24. The van der Waals surface area contributed by atoms with Crippen LogP contribution in [0, 0.1) is 0 Å². The number of likely N-dealkylation sites (tertiary alicyclic amines) is 1. The predicted molar refractivity (Wildman–Crippen MR) is 68.4 cm³/mol. The summed E-state index contributed by atoms with van der Waals surface area (Å²) >= 11 is 3.31. The summed E-state index contributed by atoms with van der Waals surface area (Å²) < 4.78 is 6.27. The van der Waals surface area contributed by atoms with E-state index < -0.39 is 0 Å². The first-order valence-corrected chi connectivity index (χ1v) is 6.62. The van der Waals surface area contributed by atoms with Crippen molar-refractivity contribution in [3.8, 4) is 0 Å². The Morgan fingerprint density at radius 3 is 3.00 bits per heavy atom. The van der Waals surface area contributed by atoms with Crippen molar-refractivity contribution in [3.63, 3.8) is 0 Å². The lowest BCUT2D eigenvalue weighted by Crippen LogP contribution is -2.45. The lowest BCUT2D eigenvalue weighted by atomic mass is 9.99. The number of rotatable bonds is 3. The van der Waals surface area contributed by atoms with Crippen LogP contribution in [0.5, 0.6) is 0 Å². The fraction of sp³-hybridized carbons (Fsp3) is 0.667. The molecule has 3 nitrogen and oxygen atoms in total. The highest BCUT2D eigenvalue weighted by atomic mass is 79.9. The number of nitrogens with zero attached hydrogens (tertiary/aromatic N) is 1. The summed E-state index contributed by atoms with van der Waals surface area (Å²) in [6.45, 7) is 4.30. The minimum absolute atomic E-state index is 0.620. The van der Waals surface area contributed by atoms with E-state index in [0.717, 1.165) is 17.0 Å². The monoisotopic (exact) mass is 286 g/mol. The van der Waals surface area contributed by atoms with E-state index in [-0.39, 0.29) is 0 Å². The molecule has 0 bridgehead atoms. The lowest BCUT2D eigenvalue weighted by Gasteiger charge is -2.35. The maximum absolute atomic E-state index is 5.47. The normalized spacial score (nSPS) is 27.2. The minimum Gasteiger partial charge on any atom is -0.453 e. The molecule has 2 atom stereocenters. The van der Waals surface area contributed by atoms with Crippen LogP contribution in [0.2, 0.25) is 0 Å². The molecule has 1 aliphatic rings. The molecule has 90 valence electrons. The van der Waals surface area contributed by atoms with Gasteiger partial charge in [-0.2, -0.15) is 0 Å². The average molecular weight is 287 g/mol. The maximum Gasteiger partial charge on any atom is 0.169 e. The van der Waals surface area contributed by atoms with Crippen molar-refractivity contribution in [3.05, 3.63) is 22.6 Å². The minimum atomic E-state index is 0.620. The van der Waals surface area contributed by atoms with Gasteiger partial charge in [-0.3, -0.25) is 0 Å². The molecule has 4 heteroatoms. The first-order chi connectivity index (χ1) is 7.65. The highest BCUT2D eigenvalue weighted by Crippen LogP contribution is 2.17. The van der Waals surface area contributed by atoms with Gasteiger partial charge < -0.3 is 14.6 Å². The number of piperidine rings is 1. The topological polar surface area (TPSA) is 28.4 Å². The molecule has 1 N–H and O–H groups in total. The molecule has 1 saturated heterocycles. The van der Waals surface area contributed by atoms with E-state index in [9.17, 15) is 0 Å². The summed E-state index contributed by atoms with van der Waals surface area (Å²) in [4.78, 5) is 2.42. The van der Waals surface area contributed by atoms with Gasteiger partial charge in [0.2, 0.25) is 0 Å². The van der Waals surface area contributed by atoms with E-state index >= 15 is 0 Å². The number of halogens is 1. The van der Waals surface area contributed by atoms with Crippen molar-refractivity contribution < 1.29 is 4.42 Å². The van der Waals surface area contributed by atoms with E-state index in [2.05, 4.69) is 40.1 Å². The highest BCUT2D eigenvalue weighted by Gasteiger charge is 2.22. The Bertz CT molecular complexity index is 340. The third-order valence-electron chi connectivity index (χ3n) is 3.40. The maximum atomic E-state index is 5.47. The predicted octanol–water partition coefficient (Wildman–Crippen LogP) is 2.61. The van der Waals surface area contributed by atoms with Crippen LogP contribution in [0.4, 0.5) is 0 Å². The molecule has 1 aromatic heterocycles. The molecular weight excluding hydrogens is 268 g/mol. The Balaban J connectivity index is 1.78. The molecule has 0 aliphatic carbocycles. The Labute approximate surface area is 105 Å². The van der Waals surface area contributed by atoms with Gasteiger partial charge in [-0.1, -0.05) is 0 Å². The number of hydrogen-bond acceptors (Lipinski definition) is 3. The van der Waals surface area contributed by atoms with E-state index in [1.54, 1.807) is 0 Å². The summed E-state index contributed by atoms with van der Waals surface area (Å²) in [5, 5.41) is 3.56. The van der Waals surface area contributed by atoms with Crippen molar-refractivity contribution in [2.24, 2.45) is 0 Å². The van der Waals surface area contributed by atoms with E-state index in [0.29, 0.717) is 12.1 Å². The molecule has 2 rings (SSSR count). The second-order valence-corrected chi connectivity index (χ2v) is 5.42. The van der Waals surface area contributed by atoms with Crippen molar-refractivity contribution in [2.45, 2.75) is 38.4 Å². The lowest BCUT2D eigenvalue weighted by molar-refractivity contribution is 0.166. The summed E-state index contributed by atoms with van der Waals surface area (Å²) in [5.74, 6) is 0.999. The van der Waals surface area contributed by atoms with Crippen molar-refractivity contribution in [1.29, 1.82) is 0 Å². The van der Waals surface area contributed by atoms with Crippen LogP contribution in [0.1, 0.15) is 25.5 Å². The van der Waals surface area contributed by atoms with Crippen LogP contribution in [-0.4, -0.2) is 30.6 Å². The third kappa shape index (κ3) is 3.09. The molecular formula is C12H19BrN2O. The zero-order chi connectivity index (χ0) is 11.5. The zero-order valence-corrected chi connectivity index (χ0v) is 11.5. The molecule has 0 saturated carbocycles. The van der Waals surface area contributed by atoms with Crippen molar-refractivity contribution >= 4 is 15.9 Å². The van der Waals surface area contributed by atoms with Gasteiger partial charge >= 0.3 is 0 Å². The smallest absolute Gasteiger partial charge is 0.169 e. The zero-order valence-electron chi connectivity index (χ0n) is 9.87. The second-order valence-electron chi connectivity index (χ2n) is 4.64. The molecule has 1 aromatic rings. The van der Waals surface area contributed by atoms with Crippen LogP contribution in [-0.2, 0) is 6.54 Å². The van der Waals surface area contributed by atoms with Crippen LogP contribution >= 0.6 is 15.9 Å². The van der Waals surface area contributed by atoms with Crippen LogP contribution < -0.4 is 5.32 Å². The van der Waals surface area contributed by atoms with Gasteiger partial charge in [0.1, 0.15) is 5.76 Å². The fourth-order valence-corrected chi connectivity index (χ4v) is 2.51. The van der Waals surface area contributed by atoms with Gasteiger partial charge in [-0.15, -0.1) is 0 Å². The van der Waals surface area contributed by atoms with Gasteiger partial charge in [0.05, 0.1) is 6.54 Å². The Hall–Kier alpha value is -0.320. The van der Waals surface area contributed by atoms with Gasteiger partial charge in [0.25, 0.3) is 0 Å². The molecule has 1 fully saturated rings. The SMILES string of the molecule is CC1CC(NCc2ccc(Br)o2)CCN1C. The van der Waals surface area contributed by atoms with Crippen LogP contribution in [0.25, 0.3) is 0 Å². The van der Waals surface area contributed by atoms with Crippen molar-refractivity contribution in [1.82, 2.24) is 10.2 Å².